The molecule has 0 fully saturated rings. The van der Waals surface area contributed by atoms with E-state index in [0.29, 0.717) is 0 Å². The Morgan fingerprint density at radius 2 is 1.28 bits per heavy atom. The molecule has 0 aliphatic carbocycles. The Morgan fingerprint density at radius 1 is 0.800 bits per heavy atom. The third-order valence-corrected chi connectivity index (χ3v) is 3.54. The van der Waals surface area contributed by atoms with E-state index in [4.69, 9.17) is 4.84 Å². The molecule has 0 unspecified atom stereocenters. The van der Waals surface area contributed by atoms with Gasteiger partial charge in [-0.05, 0) is 29.8 Å². The molecule has 3 rings (SSSR count). The number of amides is 1. The summed E-state index contributed by atoms with van der Waals surface area (Å²) in [6.45, 7) is -0.146. The molecule has 0 bridgehead atoms. The molecule has 4 nitrogen and oxygen atoms in total. The van der Waals surface area contributed by atoms with Crippen molar-refractivity contribution in [3.8, 4) is 0 Å². The van der Waals surface area contributed by atoms with Crippen molar-refractivity contribution in [3.63, 3.8) is 0 Å². The third kappa shape index (κ3) is 4.54. The molecule has 0 aliphatic heterocycles. The standard InChI is InChI=1S/C21H18N2O2/c24-21(17-25-22-16-18-10-4-1-5-11-18)23(19-12-6-2-7-13-19)20-14-8-3-9-15-20/h1-16H,17H2/b22-16+. The average molecular weight is 330 g/mol. The molecule has 0 N–H and O–H groups in total. The first-order valence-corrected chi connectivity index (χ1v) is 7.98. The molecule has 0 aliphatic rings. The van der Waals surface area contributed by atoms with E-state index in [2.05, 4.69) is 5.16 Å². The lowest BCUT2D eigenvalue weighted by molar-refractivity contribution is -0.122. The second kappa shape index (κ2) is 8.45. The van der Waals surface area contributed by atoms with Crippen LogP contribution in [0.1, 0.15) is 5.56 Å². The maximum atomic E-state index is 12.7. The maximum Gasteiger partial charge on any atom is 0.272 e. The molecule has 1 amide bonds. The van der Waals surface area contributed by atoms with Gasteiger partial charge in [0.15, 0.2) is 6.61 Å². The summed E-state index contributed by atoms with van der Waals surface area (Å²) in [6.07, 6.45) is 1.59. The Morgan fingerprint density at radius 3 is 1.80 bits per heavy atom. The summed E-state index contributed by atoms with van der Waals surface area (Å²) in [6, 6.07) is 28.5. The van der Waals surface area contributed by atoms with Crippen molar-refractivity contribution in [1.29, 1.82) is 0 Å². The fourth-order valence-electron chi connectivity index (χ4n) is 2.39. The number of para-hydroxylation sites is 2. The molecule has 4 heteroatoms. The molecular formula is C21H18N2O2. The Labute approximate surface area is 147 Å². The molecule has 0 saturated carbocycles. The van der Waals surface area contributed by atoms with Gasteiger partial charge >= 0.3 is 0 Å². The second-order valence-corrected chi connectivity index (χ2v) is 5.32. The van der Waals surface area contributed by atoms with Crippen LogP contribution in [0, 0.1) is 0 Å². The molecule has 0 saturated heterocycles. The predicted octanol–water partition coefficient (Wildman–Crippen LogP) is 4.40. The highest BCUT2D eigenvalue weighted by atomic mass is 16.6. The summed E-state index contributed by atoms with van der Waals surface area (Å²) >= 11 is 0. The van der Waals surface area contributed by atoms with Gasteiger partial charge in [-0.2, -0.15) is 0 Å². The topological polar surface area (TPSA) is 41.9 Å². The number of hydrogen-bond acceptors (Lipinski definition) is 3. The number of benzene rings is 3. The van der Waals surface area contributed by atoms with Crippen LogP contribution in [0.25, 0.3) is 0 Å². The molecule has 124 valence electrons. The van der Waals surface area contributed by atoms with Crippen LogP contribution >= 0.6 is 0 Å². The predicted molar refractivity (Wildman–Crippen MR) is 100 cm³/mol. The van der Waals surface area contributed by atoms with E-state index >= 15 is 0 Å². The van der Waals surface area contributed by atoms with E-state index in [0.717, 1.165) is 16.9 Å². The monoisotopic (exact) mass is 330 g/mol. The lowest BCUT2D eigenvalue weighted by Crippen LogP contribution is -2.29. The smallest absolute Gasteiger partial charge is 0.272 e. The molecule has 0 atom stereocenters. The zero-order valence-electron chi connectivity index (χ0n) is 13.7. The minimum Gasteiger partial charge on any atom is -0.386 e. The van der Waals surface area contributed by atoms with E-state index in [1.165, 1.54) is 0 Å². The highest BCUT2D eigenvalue weighted by Crippen LogP contribution is 2.25. The highest BCUT2D eigenvalue weighted by molar-refractivity contribution is 6.01. The van der Waals surface area contributed by atoms with Crippen molar-refractivity contribution in [2.24, 2.45) is 5.16 Å². The SMILES string of the molecule is O=C(CO/N=C/c1ccccc1)N(c1ccccc1)c1ccccc1. The number of oxime groups is 1. The molecule has 3 aromatic rings. The van der Waals surface area contributed by atoms with Crippen LogP contribution in [-0.2, 0) is 9.63 Å². The first kappa shape index (κ1) is 16.5. The lowest BCUT2D eigenvalue weighted by atomic mass is 10.2. The Bertz CT molecular complexity index is 779. The van der Waals surface area contributed by atoms with Crippen molar-refractivity contribution in [2.45, 2.75) is 0 Å². The fraction of sp³-hybridized carbons (Fsp3) is 0.0476. The number of anilines is 2. The number of rotatable bonds is 6. The van der Waals surface area contributed by atoms with Crippen LogP contribution in [0.15, 0.2) is 96.2 Å². The summed E-state index contributed by atoms with van der Waals surface area (Å²) in [4.78, 5) is 19.5. The lowest BCUT2D eigenvalue weighted by Gasteiger charge is -2.22. The summed E-state index contributed by atoms with van der Waals surface area (Å²) in [7, 11) is 0. The van der Waals surface area contributed by atoms with Gasteiger partial charge in [0.2, 0.25) is 0 Å². The van der Waals surface area contributed by atoms with Crippen LogP contribution in [0.3, 0.4) is 0 Å². The van der Waals surface area contributed by atoms with Crippen molar-refractivity contribution in [2.75, 3.05) is 11.5 Å². The van der Waals surface area contributed by atoms with Crippen molar-refractivity contribution < 1.29 is 9.63 Å². The molecule has 0 radical (unpaired) electrons. The minimum atomic E-state index is -0.192. The number of nitrogens with zero attached hydrogens (tertiary/aromatic N) is 2. The molecule has 3 aromatic carbocycles. The first-order chi connectivity index (χ1) is 12.3. The molecule has 0 spiro atoms. The zero-order chi connectivity index (χ0) is 17.3. The number of carbonyl (C=O) groups is 1. The minimum absolute atomic E-state index is 0.146. The van der Waals surface area contributed by atoms with Gasteiger partial charge in [0.05, 0.1) is 6.21 Å². The Hall–Kier alpha value is -3.40. The second-order valence-electron chi connectivity index (χ2n) is 5.32. The number of hydrogen-bond donors (Lipinski definition) is 0. The number of carbonyl (C=O) groups excluding carboxylic acids is 1. The quantitative estimate of drug-likeness (QED) is 0.496. The van der Waals surface area contributed by atoms with Gasteiger partial charge in [0, 0.05) is 11.4 Å². The van der Waals surface area contributed by atoms with Gasteiger partial charge in [-0.15, -0.1) is 0 Å². The van der Waals surface area contributed by atoms with Crippen molar-refractivity contribution in [3.05, 3.63) is 96.6 Å². The summed E-state index contributed by atoms with van der Waals surface area (Å²) in [5.41, 5.74) is 2.49. The van der Waals surface area contributed by atoms with Crippen LogP contribution in [-0.4, -0.2) is 18.7 Å². The van der Waals surface area contributed by atoms with E-state index in [1.54, 1.807) is 11.1 Å². The van der Waals surface area contributed by atoms with Gasteiger partial charge in [-0.25, -0.2) is 0 Å². The Kier molecular flexibility index (Phi) is 5.56. The van der Waals surface area contributed by atoms with Crippen molar-refractivity contribution >= 4 is 23.5 Å². The van der Waals surface area contributed by atoms with Crippen LogP contribution in [0.2, 0.25) is 0 Å². The normalized spacial score (nSPS) is 10.6. The van der Waals surface area contributed by atoms with Crippen molar-refractivity contribution in [1.82, 2.24) is 0 Å². The third-order valence-electron chi connectivity index (χ3n) is 3.54. The average Bonchev–Trinajstić information content (AvgIpc) is 2.68. The van der Waals surface area contributed by atoms with E-state index in [9.17, 15) is 4.79 Å². The van der Waals surface area contributed by atoms with Crippen LogP contribution in [0.4, 0.5) is 11.4 Å². The zero-order valence-corrected chi connectivity index (χ0v) is 13.7. The summed E-state index contributed by atoms with van der Waals surface area (Å²) < 4.78 is 0. The van der Waals surface area contributed by atoms with Crippen LogP contribution in [0.5, 0.6) is 0 Å². The first-order valence-electron chi connectivity index (χ1n) is 7.98. The van der Waals surface area contributed by atoms with Gasteiger partial charge in [-0.1, -0.05) is 71.9 Å². The molecule has 0 aromatic heterocycles. The summed E-state index contributed by atoms with van der Waals surface area (Å²) in [5, 5.41) is 3.88. The molecule has 25 heavy (non-hydrogen) atoms. The van der Waals surface area contributed by atoms with Gasteiger partial charge in [0.25, 0.3) is 5.91 Å². The summed E-state index contributed by atoms with van der Waals surface area (Å²) in [5.74, 6) is -0.192. The van der Waals surface area contributed by atoms with E-state index in [-0.39, 0.29) is 12.5 Å². The van der Waals surface area contributed by atoms with Gasteiger partial charge in [-0.3, -0.25) is 9.69 Å². The highest BCUT2D eigenvalue weighted by Gasteiger charge is 2.18. The van der Waals surface area contributed by atoms with Crippen LogP contribution < -0.4 is 4.90 Å². The van der Waals surface area contributed by atoms with E-state index in [1.807, 2.05) is 91.0 Å². The Balaban J connectivity index is 1.71. The van der Waals surface area contributed by atoms with Gasteiger partial charge in [0.1, 0.15) is 0 Å². The largest absolute Gasteiger partial charge is 0.386 e. The van der Waals surface area contributed by atoms with E-state index < -0.39 is 0 Å². The fourth-order valence-corrected chi connectivity index (χ4v) is 2.39. The molecular weight excluding hydrogens is 312 g/mol. The molecule has 0 heterocycles. The maximum absolute atomic E-state index is 12.7. The van der Waals surface area contributed by atoms with Gasteiger partial charge < -0.3 is 4.84 Å².